The normalized spacial score (nSPS) is 13.3. The number of hydrogen-bond acceptors (Lipinski definition) is 5. The topological polar surface area (TPSA) is 75.4 Å². The summed E-state index contributed by atoms with van der Waals surface area (Å²) in [4.78, 5) is 24.6. The summed E-state index contributed by atoms with van der Waals surface area (Å²) in [5.41, 5.74) is 5.54. The molecule has 3 heterocycles. The van der Waals surface area contributed by atoms with Crippen LogP contribution in [0.2, 0.25) is 5.02 Å². The van der Waals surface area contributed by atoms with E-state index in [1.165, 1.54) is 14.2 Å². The molecule has 0 fully saturated rings. The first-order valence-electron chi connectivity index (χ1n) is 10.5. The molecule has 0 spiro atoms. The molecule has 0 aliphatic carbocycles. The summed E-state index contributed by atoms with van der Waals surface area (Å²) in [6.07, 6.45) is 3.51. The number of ether oxygens (including phenoxy) is 2. The van der Waals surface area contributed by atoms with E-state index in [2.05, 4.69) is 0 Å². The van der Waals surface area contributed by atoms with E-state index in [-0.39, 0.29) is 18.3 Å². The van der Waals surface area contributed by atoms with Crippen LogP contribution >= 0.6 is 23.2 Å². The van der Waals surface area contributed by atoms with E-state index in [1.807, 2.05) is 23.9 Å². The lowest BCUT2D eigenvalue weighted by Gasteiger charge is -2.16. The van der Waals surface area contributed by atoms with Gasteiger partial charge in [-0.2, -0.15) is 5.10 Å². The second-order valence-electron chi connectivity index (χ2n) is 7.85. The van der Waals surface area contributed by atoms with Crippen molar-refractivity contribution in [2.45, 2.75) is 44.5 Å². The van der Waals surface area contributed by atoms with Crippen molar-refractivity contribution in [3.8, 4) is 11.1 Å². The van der Waals surface area contributed by atoms with Gasteiger partial charge in [0.25, 0.3) is 0 Å². The van der Waals surface area contributed by atoms with E-state index in [9.17, 15) is 9.59 Å². The van der Waals surface area contributed by atoms with Gasteiger partial charge in [-0.25, -0.2) is 4.79 Å². The Morgan fingerprint density at radius 1 is 1.16 bits per heavy atom. The van der Waals surface area contributed by atoms with Crippen LogP contribution in [0.1, 0.15) is 46.7 Å². The molecular formula is C23H25Cl2N3O4. The third-order valence-electron chi connectivity index (χ3n) is 6.13. The van der Waals surface area contributed by atoms with E-state index in [0.29, 0.717) is 17.1 Å². The second kappa shape index (κ2) is 9.16. The van der Waals surface area contributed by atoms with Crippen LogP contribution in [0.3, 0.4) is 0 Å². The van der Waals surface area contributed by atoms with Crippen LogP contribution in [0.25, 0.3) is 22.0 Å². The number of halogens is 2. The molecule has 0 N–H and O–H groups in total. The summed E-state index contributed by atoms with van der Waals surface area (Å²) >= 11 is 13.1. The highest BCUT2D eigenvalue weighted by Crippen LogP contribution is 2.43. The van der Waals surface area contributed by atoms with E-state index in [1.54, 1.807) is 4.57 Å². The molecule has 1 aliphatic rings. The lowest BCUT2D eigenvalue weighted by Crippen LogP contribution is -2.12. The number of alkyl halides is 1. The van der Waals surface area contributed by atoms with Gasteiger partial charge in [-0.1, -0.05) is 17.7 Å². The van der Waals surface area contributed by atoms with E-state index >= 15 is 0 Å². The monoisotopic (exact) mass is 477 g/mol. The first-order valence-corrected chi connectivity index (χ1v) is 11.4. The van der Waals surface area contributed by atoms with Crippen molar-refractivity contribution >= 4 is 46.0 Å². The first kappa shape index (κ1) is 22.7. The lowest BCUT2D eigenvalue weighted by molar-refractivity contribution is -0.140. The predicted octanol–water partition coefficient (Wildman–Crippen LogP) is 4.66. The summed E-state index contributed by atoms with van der Waals surface area (Å²) in [6.45, 7) is 0.845. The number of nitrogens with zero attached hydrogens (tertiary/aromatic N) is 3. The minimum Gasteiger partial charge on any atom is -0.469 e. The SMILES string of the molecule is COC(=O)CCc1c(C(=O)OC)n(C)c2c(-c3c(CCl)nn4c3CCCC4)c(Cl)ccc12. The highest BCUT2D eigenvalue weighted by atomic mass is 35.5. The van der Waals surface area contributed by atoms with Crippen molar-refractivity contribution in [3.63, 3.8) is 0 Å². The zero-order valence-electron chi connectivity index (χ0n) is 18.3. The van der Waals surface area contributed by atoms with Crippen molar-refractivity contribution in [2.24, 2.45) is 7.05 Å². The lowest BCUT2D eigenvalue weighted by atomic mass is 9.95. The molecule has 0 saturated heterocycles. The molecule has 32 heavy (non-hydrogen) atoms. The Bertz CT molecular complexity index is 1210. The maximum atomic E-state index is 12.7. The number of aromatic nitrogens is 3. The van der Waals surface area contributed by atoms with Gasteiger partial charge in [0.2, 0.25) is 0 Å². The Kier molecular flexibility index (Phi) is 6.49. The quantitative estimate of drug-likeness (QED) is 0.381. The van der Waals surface area contributed by atoms with Gasteiger partial charge in [0.05, 0.1) is 36.3 Å². The zero-order chi connectivity index (χ0) is 23.0. The average molecular weight is 478 g/mol. The van der Waals surface area contributed by atoms with Crippen LogP contribution in [0.5, 0.6) is 0 Å². The highest BCUT2D eigenvalue weighted by Gasteiger charge is 2.29. The summed E-state index contributed by atoms with van der Waals surface area (Å²) in [7, 11) is 4.51. The fraction of sp³-hybridized carbons (Fsp3) is 0.435. The van der Waals surface area contributed by atoms with Gasteiger partial charge in [0.1, 0.15) is 5.69 Å². The molecule has 1 aliphatic heterocycles. The van der Waals surface area contributed by atoms with Crippen LogP contribution in [-0.4, -0.2) is 40.5 Å². The van der Waals surface area contributed by atoms with Gasteiger partial charge in [0, 0.05) is 42.2 Å². The number of carbonyl (C=O) groups is 2. The van der Waals surface area contributed by atoms with E-state index in [4.69, 9.17) is 37.8 Å². The third-order valence-corrected chi connectivity index (χ3v) is 6.70. The van der Waals surface area contributed by atoms with Crippen molar-refractivity contribution in [1.82, 2.24) is 14.3 Å². The van der Waals surface area contributed by atoms with Crippen LogP contribution < -0.4 is 0 Å². The number of hydrogen-bond donors (Lipinski definition) is 0. The Hall–Kier alpha value is -2.51. The summed E-state index contributed by atoms with van der Waals surface area (Å²) in [5, 5.41) is 6.14. The number of rotatable bonds is 6. The van der Waals surface area contributed by atoms with Gasteiger partial charge in [-0.3, -0.25) is 9.48 Å². The minimum absolute atomic E-state index is 0.147. The number of benzene rings is 1. The number of fused-ring (bicyclic) bond motifs is 2. The maximum absolute atomic E-state index is 12.7. The highest BCUT2D eigenvalue weighted by molar-refractivity contribution is 6.35. The van der Waals surface area contributed by atoms with Crippen molar-refractivity contribution in [3.05, 3.63) is 39.8 Å². The molecule has 9 heteroatoms. The van der Waals surface area contributed by atoms with Crippen LogP contribution in [-0.2, 0) is 46.6 Å². The molecule has 7 nitrogen and oxygen atoms in total. The molecule has 0 amide bonds. The first-order chi connectivity index (χ1) is 15.4. The number of methoxy groups -OCH3 is 2. The Balaban J connectivity index is 2.03. The molecule has 0 radical (unpaired) electrons. The Labute approximate surface area is 196 Å². The van der Waals surface area contributed by atoms with Crippen LogP contribution in [0.15, 0.2) is 12.1 Å². The molecule has 170 valence electrons. The predicted molar refractivity (Wildman–Crippen MR) is 123 cm³/mol. The van der Waals surface area contributed by atoms with Gasteiger partial charge in [-0.15, -0.1) is 11.6 Å². The number of aryl methyl sites for hydroxylation is 3. The Morgan fingerprint density at radius 2 is 1.94 bits per heavy atom. The largest absolute Gasteiger partial charge is 0.469 e. The third kappa shape index (κ3) is 3.67. The van der Waals surface area contributed by atoms with Gasteiger partial charge >= 0.3 is 11.9 Å². The van der Waals surface area contributed by atoms with Gasteiger partial charge < -0.3 is 14.0 Å². The fourth-order valence-electron chi connectivity index (χ4n) is 4.70. The molecule has 0 saturated carbocycles. The van der Waals surface area contributed by atoms with Crippen molar-refractivity contribution < 1.29 is 19.1 Å². The standard InChI is InChI=1S/C23H25Cl2N3O4/c1-27-21-13(14(8-10-18(29)31-2)22(27)23(30)32-3)7-9-15(25)19(21)20-16(12-24)26-28-11-5-4-6-17(20)28/h7,9H,4-6,8,10-12H2,1-3H3. The number of carbonyl (C=O) groups excluding carboxylic acids is 2. The second-order valence-corrected chi connectivity index (χ2v) is 8.53. The fourth-order valence-corrected chi connectivity index (χ4v) is 5.14. The molecule has 1 aromatic carbocycles. The summed E-state index contributed by atoms with van der Waals surface area (Å²) in [5.74, 6) is -0.562. The molecule has 4 rings (SSSR count). The average Bonchev–Trinajstić information content (AvgIpc) is 3.32. The molecule has 0 unspecified atom stereocenters. The van der Waals surface area contributed by atoms with Crippen molar-refractivity contribution in [1.29, 1.82) is 0 Å². The molecule has 2 aromatic heterocycles. The summed E-state index contributed by atoms with van der Waals surface area (Å²) < 4.78 is 13.7. The van der Waals surface area contributed by atoms with Gasteiger partial charge in [0.15, 0.2) is 0 Å². The zero-order valence-corrected chi connectivity index (χ0v) is 19.8. The van der Waals surface area contributed by atoms with Crippen molar-refractivity contribution in [2.75, 3.05) is 14.2 Å². The molecular weight excluding hydrogens is 453 g/mol. The van der Waals surface area contributed by atoms with Gasteiger partial charge in [-0.05, 0) is 37.3 Å². The molecule has 0 atom stereocenters. The van der Waals surface area contributed by atoms with Crippen LogP contribution in [0.4, 0.5) is 0 Å². The van der Waals surface area contributed by atoms with E-state index < -0.39 is 5.97 Å². The summed E-state index contributed by atoms with van der Waals surface area (Å²) in [6, 6.07) is 3.71. The van der Waals surface area contributed by atoms with Crippen LogP contribution in [0, 0.1) is 0 Å². The smallest absolute Gasteiger partial charge is 0.354 e. The molecule has 0 bridgehead atoms. The maximum Gasteiger partial charge on any atom is 0.354 e. The Morgan fingerprint density at radius 3 is 2.62 bits per heavy atom. The van der Waals surface area contributed by atoms with E-state index in [0.717, 1.165) is 64.8 Å². The number of esters is 2. The molecule has 3 aromatic rings. The minimum atomic E-state index is -0.472.